The Kier molecular flexibility index (Phi) is 5.07. The summed E-state index contributed by atoms with van der Waals surface area (Å²) in [5, 5.41) is 0.290. The van der Waals surface area contributed by atoms with Gasteiger partial charge in [0.25, 0.3) is 0 Å². The molecule has 4 heteroatoms. The molecule has 1 rings (SSSR count). The number of ether oxygens (including phenoxy) is 2. The largest absolute Gasteiger partial charge is 0.493 e. The van der Waals surface area contributed by atoms with Gasteiger partial charge >= 0.3 is 0 Å². The standard InChI is InChI=1S/C13H21BrO2Si/c1-13(2,17(4)5)9-16-11-7-6-10(14)8-12(11)15-3/h6-8,17H,9H2,1-5H3. The van der Waals surface area contributed by atoms with Crippen LogP contribution in [0, 0.1) is 0 Å². The normalized spacial score (nSPS) is 11.7. The molecule has 0 radical (unpaired) electrons. The summed E-state index contributed by atoms with van der Waals surface area (Å²) in [4.78, 5) is 0. The van der Waals surface area contributed by atoms with E-state index in [2.05, 4.69) is 42.9 Å². The van der Waals surface area contributed by atoms with Crippen LogP contribution in [0.5, 0.6) is 11.5 Å². The second kappa shape index (κ2) is 5.91. The van der Waals surface area contributed by atoms with E-state index in [0.29, 0.717) is 0 Å². The zero-order valence-electron chi connectivity index (χ0n) is 11.2. The summed E-state index contributed by atoms with van der Waals surface area (Å²) in [7, 11) is 0.933. The summed E-state index contributed by atoms with van der Waals surface area (Å²) < 4.78 is 12.2. The minimum absolute atomic E-state index is 0.290. The number of hydrogen-bond acceptors (Lipinski definition) is 2. The molecule has 0 unspecified atom stereocenters. The highest BCUT2D eigenvalue weighted by Crippen LogP contribution is 2.34. The third-order valence-corrected chi connectivity index (χ3v) is 7.07. The summed E-state index contributed by atoms with van der Waals surface area (Å²) in [6.07, 6.45) is 0. The van der Waals surface area contributed by atoms with Crippen molar-refractivity contribution in [2.45, 2.75) is 32.0 Å². The van der Waals surface area contributed by atoms with Crippen molar-refractivity contribution in [1.29, 1.82) is 0 Å². The maximum atomic E-state index is 5.90. The van der Waals surface area contributed by atoms with Crippen LogP contribution in [0.15, 0.2) is 22.7 Å². The van der Waals surface area contributed by atoms with Crippen molar-refractivity contribution in [2.75, 3.05) is 13.7 Å². The van der Waals surface area contributed by atoms with E-state index in [-0.39, 0.29) is 5.04 Å². The molecule has 0 saturated carbocycles. The molecule has 0 aliphatic heterocycles. The zero-order chi connectivity index (χ0) is 13.1. The van der Waals surface area contributed by atoms with Gasteiger partial charge in [-0.05, 0) is 23.2 Å². The van der Waals surface area contributed by atoms with E-state index in [4.69, 9.17) is 9.47 Å². The molecule has 0 fully saturated rings. The van der Waals surface area contributed by atoms with Crippen molar-refractivity contribution in [3.05, 3.63) is 22.7 Å². The summed E-state index contributed by atoms with van der Waals surface area (Å²) in [5.41, 5.74) is 0. The highest BCUT2D eigenvalue weighted by atomic mass is 79.9. The number of benzene rings is 1. The van der Waals surface area contributed by atoms with Gasteiger partial charge < -0.3 is 9.47 Å². The molecule has 0 aromatic heterocycles. The highest BCUT2D eigenvalue weighted by Gasteiger charge is 2.24. The third kappa shape index (κ3) is 4.03. The van der Waals surface area contributed by atoms with Crippen LogP contribution in [0.4, 0.5) is 0 Å². The van der Waals surface area contributed by atoms with Gasteiger partial charge in [0, 0.05) is 13.3 Å². The molecule has 0 saturated heterocycles. The lowest BCUT2D eigenvalue weighted by Crippen LogP contribution is -2.27. The van der Waals surface area contributed by atoms with Crippen LogP contribution in [0.1, 0.15) is 13.8 Å². The van der Waals surface area contributed by atoms with Gasteiger partial charge in [-0.15, -0.1) is 0 Å². The predicted molar refractivity (Wildman–Crippen MR) is 79.1 cm³/mol. The second-order valence-electron chi connectivity index (χ2n) is 5.23. The first-order valence-electron chi connectivity index (χ1n) is 5.83. The van der Waals surface area contributed by atoms with Crippen LogP contribution >= 0.6 is 15.9 Å². The van der Waals surface area contributed by atoms with E-state index in [0.717, 1.165) is 22.6 Å². The Morgan fingerprint density at radius 2 is 1.88 bits per heavy atom. The zero-order valence-corrected chi connectivity index (χ0v) is 14.0. The maximum absolute atomic E-state index is 5.90. The third-order valence-electron chi connectivity index (χ3n) is 3.29. The average Bonchev–Trinajstić information content (AvgIpc) is 2.27. The molecule has 0 atom stereocenters. The van der Waals surface area contributed by atoms with Gasteiger partial charge in [-0.3, -0.25) is 0 Å². The van der Waals surface area contributed by atoms with E-state index in [9.17, 15) is 0 Å². The molecule has 96 valence electrons. The average molecular weight is 317 g/mol. The number of rotatable bonds is 5. The molecule has 1 aromatic carbocycles. The number of halogens is 1. The van der Waals surface area contributed by atoms with Crippen molar-refractivity contribution in [3.63, 3.8) is 0 Å². The fraction of sp³-hybridized carbons (Fsp3) is 0.538. The Morgan fingerprint density at radius 3 is 2.41 bits per heavy atom. The molecule has 0 aliphatic rings. The summed E-state index contributed by atoms with van der Waals surface area (Å²) in [5.74, 6) is 1.60. The molecule has 0 aliphatic carbocycles. The Hall–Kier alpha value is -0.483. The molecule has 0 amide bonds. The van der Waals surface area contributed by atoms with Crippen LogP contribution in [0.25, 0.3) is 0 Å². The Morgan fingerprint density at radius 1 is 1.24 bits per heavy atom. The van der Waals surface area contributed by atoms with Gasteiger partial charge in [-0.25, -0.2) is 0 Å². The minimum atomic E-state index is -0.730. The lowest BCUT2D eigenvalue weighted by atomic mass is 10.2. The molecular formula is C13H21BrO2Si. The first-order valence-corrected chi connectivity index (χ1v) is 9.51. The Balaban J connectivity index is 2.76. The van der Waals surface area contributed by atoms with Crippen molar-refractivity contribution >= 4 is 24.7 Å². The fourth-order valence-corrected chi connectivity index (χ4v) is 1.95. The van der Waals surface area contributed by atoms with Crippen LogP contribution in [-0.4, -0.2) is 22.5 Å². The maximum Gasteiger partial charge on any atom is 0.161 e. The summed E-state index contributed by atoms with van der Waals surface area (Å²) >= 11 is 3.42. The van der Waals surface area contributed by atoms with E-state index in [1.165, 1.54) is 0 Å². The van der Waals surface area contributed by atoms with Crippen LogP contribution in [0.3, 0.4) is 0 Å². The monoisotopic (exact) mass is 316 g/mol. The van der Waals surface area contributed by atoms with E-state index in [1.807, 2.05) is 18.2 Å². The van der Waals surface area contributed by atoms with Crippen molar-refractivity contribution < 1.29 is 9.47 Å². The van der Waals surface area contributed by atoms with Gasteiger partial charge in [-0.1, -0.05) is 42.9 Å². The molecule has 0 heterocycles. The second-order valence-corrected chi connectivity index (χ2v) is 10.0. The van der Waals surface area contributed by atoms with Crippen molar-refractivity contribution in [2.24, 2.45) is 0 Å². The molecule has 2 nitrogen and oxygen atoms in total. The van der Waals surface area contributed by atoms with Gasteiger partial charge in [-0.2, -0.15) is 0 Å². The quantitative estimate of drug-likeness (QED) is 0.761. The van der Waals surface area contributed by atoms with Gasteiger partial charge in [0.1, 0.15) is 0 Å². The topological polar surface area (TPSA) is 18.5 Å². The van der Waals surface area contributed by atoms with Crippen LogP contribution in [-0.2, 0) is 0 Å². The molecular weight excluding hydrogens is 296 g/mol. The predicted octanol–water partition coefficient (Wildman–Crippen LogP) is 4.10. The van der Waals surface area contributed by atoms with Crippen molar-refractivity contribution in [1.82, 2.24) is 0 Å². The molecule has 0 N–H and O–H groups in total. The van der Waals surface area contributed by atoms with Gasteiger partial charge in [0.05, 0.1) is 13.7 Å². The highest BCUT2D eigenvalue weighted by molar-refractivity contribution is 9.10. The van der Waals surface area contributed by atoms with Crippen LogP contribution < -0.4 is 9.47 Å². The SMILES string of the molecule is COc1cc(Br)ccc1OCC(C)(C)[SiH](C)C. The summed E-state index contributed by atoms with van der Waals surface area (Å²) in [6.45, 7) is 9.99. The lowest BCUT2D eigenvalue weighted by Gasteiger charge is -2.28. The first kappa shape index (κ1) is 14.6. The first-order chi connectivity index (χ1) is 7.86. The lowest BCUT2D eigenvalue weighted by molar-refractivity contribution is 0.261. The Bertz CT molecular complexity index is 378. The molecule has 17 heavy (non-hydrogen) atoms. The van der Waals surface area contributed by atoms with Crippen molar-refractivity contribution in [3.8, 4) is 11.5 Å². The van der Waals surface area contributed by atoms with E-state index < -0.39 is 8.80 Å². The smallest absolute Gasteiger partial charge is 0.161 e. The number of hydrogen-bond donors (Lipinski definition) is 0. The molecule has 1 aromatic rings. The van der Waals surface area contributed by atoms with Gasteiger partial charge in [0.2, 0.25) is 0 Å². The fourth-order valence-electron chi connectivity index (χ4n) is 1.19. The summed E-state index contributed by atoms with van der Waals surface area (Å²) in [6, 6.07) is 5.84. The van der Waals surface area contributed by atoms with E-state index in [1.54, 1.807) is 7.11 Å². The van der Waals surface area contributed by atoms with E-state index >= 15 is 0 Å². The molecule has 0 bridgehead atoms. The number of methoxy groups -OCH3 is 1. The van der Waals surface area contributed by atoms with Crippen LogP contribution in [0.2, 0.25) is 18.1 Å². The van der Waals surface area contributed by atoms with Gasteiger partial charge in [0.15, 0.2) is 11.5 Å². The Labute approximate surface area is 114 Å². The minimum Gasteiger partial charge on any atom is -0.493 e. The molecule has 0 spiro atoms.